The first kappa shape index (κ1) is 19.8. The highest BCUT2D eigenvalue weighted by Gasteiger charge is 2.27. The molecule has 1 aromatic rings. The first-order valence-electron chi connectivity index (χ1n) is 8.24. The van der Waals surface area contributed by atoms with Crippen molar-refractivity contribution >= 4 is 26.0 Å². The summed E-state index contributed by atoms with van der Waals surface area (Å²) in [6.45, 7) is 0.722. The Bertz CT molecular complexity index is 735. The minimum atomic E-state index is -0.410. The van der Waals surface area contributed by atoms with Crippen LogP contribution in [0.1, 0.15) is 50.3 Å². The molecule has 1 aliphatic heterocycles. The predicted octanol–water partition coefficient (Wildman–Crippen LogP) is 2.08. The largest absolute Gasteiger partial charge is 0.382 e. The van der Waals surface area contributed by atoms with Crippen LogP contribution in [0.2, 0.25) is 0 Å². The van der Waals surface area contributed by atoms with Crippen molar-refractivity contribution in [3.8, 4) is 24.2 Å². The fraction of sp³-hybridized carbons (Fsp3) is 0.529. The molecule has 2 rings (SSSR count). The molecule has 0 saturated carbocycles. The molecule has 1 unspecified atom stereocenters. The zero-order valence-electron chi connectivity index (χ0n) is 14.0. The first-order valence-corrected chi connectivity index (χ1v) is 10.5. The molecule has 0 spiro atoms. The summed E-state index contributed by atoms with van der Waals surface area (Å²) in [5, 5.41) is 3.16. The number of aromatic nitrogens is 2. The van der Waals surface area contributed by atoms with E-state index in [-0.39, 0.29) is 18.1 Å². The second-order valence-electron chi connectivity index (χ2n) is 5.73. The Labute approximate surface area is 155 Å². The third kappa shape index (κ3) is 6.06. The van der Waals surface area contributed by atoms with Gasteiger partial charge < -0.3 is 10.5 Å². The maximum atomic E-state index is 12.1. The van der Waals surface area contributed by atoms with Crippen LogP contribution in [0.4, 0.5) is 5.82 Å². The normalized spacial score (nSPS) is 19.7. The molecule has 134 valence electrons. The fourth-order valence-corrected chi connectivity index (χ4v) is 3.18. The number of nitrogens with two attached hydrogens (primary N) is 1. The molecule has 0 bridgehead atoms. The molecule has 2 heterocycles. The van der Waals surface area contributed by atoms with Crippen molar-refractivity contribution in [1.29, 1.82) is 0 Å². The van der Waals surface area contributed by atoms with Gasteiger partial charge in [-0.05, 0) is 25.7 Å². The molecule has 1 fully saturated rings. The topological polar surface area (TPSA) is 82.2 Å². The molecule has 3 N–H and O–H groups in total. The zero-order chi connectivity index (χ0) is 18.1. The average Bonchev–Trinajstić information content (AvgIpc) is 3.06. The molecule has 25 heavy (non-hydrogen) atoms. The maximum absolute atomic E-state index is 12.1. The molecule has 1 aliphatic rings. The average molecular weight is 378 g/mol. The van der Waals surface area contributed by atoms with E-state index < -0.39 is 5.69 Å². The third-order valence-electron chi connectivity index (χ3n) is 3.88. The van der Waals surface area contributed by atoms with Crippen molar-refractivity contribution in [2.24, 2.45) is 0 Å². The number of unbranched alkanes of at least 4 members (excludes halogenated alkanes) is 3. The Morgan fingerprint density at radius 2 is 2.28 bits per heavy atom. The molecule has 6 nitrogen and oxygen atoms in total. The number of terminal acetylenes is 1. The molecule has 0 aliphatic carbocycles. The number of rotatable bonds is 7. The Morgan fingerprint density at radius 1 is 1.48 bits per heavy atom. The Hall–Kier alpha value is -1.50. The summed E-state index contributed by atoms with van der Waals surface area (Å²) in [6, 6.07) is 0. The van der Waals surface area contributed by atoms with Gasteiger partial charge in [0, 0.05) is 33.5 Å². The highest BCUT2D eigenvalue weighted by Crippen LogP contribution is 2.27. The Balaban J connectivity index is 2.04. The van der Waals surface area contributed by atoms with E-state index in [4.69, 9.17) is 16.9 Å². The molecular formula is C17H23N4O2PS. The van der Waals surface area contributed by atoms with E-state index in [0.29, 0.717) is 13.5 Å². The van der Waals surface area contributed by atoms with Crippen molar-refractivity contribution < 1.29 is 4.74 Å². The smallest absolute Gasteiger partial charge is 0.351 e. The standard InChI is InChI=1S/C17H23N4O2PS/c1-2-3-4-5-6-7-8-13-12-21(17(22)20-16(13)18)15-10-9-14(23-15)11-19-24-25/h1,12,14-15,19,24-25H,3-6,9-11H2,(H2,18,20,22)/t14-,15+/m0/s1. The van der Waals surface area contributed by atoms with Crippen LogP contribution in [0, 0.1) is 24.2 Å². The van der Waals surface area contributed by atoms with E-state index >= 15 is 0 Å². The summed E-state index contributed by atoms with van der Waals surface area (Å²) in [4.78, 5) is 16.0. The lowest BCUT2D eigenvalue weighted by Gasteiger charge is -2.16. The molecule has 3 atom stereocenters. The minimum absolute atomic E-state index is 0.0693. The van der Waals surface area contributed by atoms with E-state index in [0.717, 1.165) is 45.1 Å². The van der Waals surface area contributed by atoms with Gasteiger partial charge in [-0.2, -0.15) is 4.98 Å². The molecule has 0 radical (unpaired) electrons. The SMILES string of the molecule is C#CCCCCC#Cc1cn([C@H]2CC[C@@H](CNPS)O2)c(=O)nc1N. The summed E-state index contributed by atoms with van der Waals surface area (Å²) >= 11 is 4.14. The number of hydrogen-bond acceptors (Lipinski definition) is 6. The minimum Gasteiger partial charge on any atom is -0.382 e. The van der Waals surface area contributed by atoms with Gasteiger partial charge in [0.15, 0.2) is 0 Å². The van der Waals surface area contributed by atoms with Crippen LogP contribution >= 0.6 is 20.2 Å². The molecule has 0 aromatic carbocycles. The lowest BCUT2D eigenvalue weighted by molar-refractivity contribution is 0.00240. The second kappa shape index (κ2) is 10.5. The lowest BCUT2D eigenvalue weighted by atomic mass is 10.2. The van der Waals surface area contributed by atoms with Crippen molar-refractivity contribution in [3.05, 3.63) is 22.2 Å². The number of hydrogen-bond donors (Lipinski definition) is 3. The van der Waals surface area contributed by atoms with Gasteiger partial charge in [-0.3, -0.25) is 9.65 Å². The summed E-state index contributed by atoms with van der Waals surface area (Å²) < 4.78 is 7.41. The third-order valence-corrected chi connectivity index (χ3v) is 4.72. The van der Waals surface area contributed by atoms with Gasteiger partial charge in [-0.25, -0.2) is 4.79 Å². The summed E-state index contributed by atoms with van der Waals surface area (Å²) in [5.74, 6) is 8.83. The van der Waals surface area contributed by atoms with Gasteiger partial charge >= 0.3 is 5.69 Å². The number of ether oxygens (including phenoxy) is 1. The Morgan fingerprint density at radius 3 is 3.04 bits per heavy atom. The van der Waals surface area contributed by atoms with Gasteiger partial charge in [0.05, 0.1) is 11.7 Å². The quantitative estimate of drug-likeness (QED) is 0.293. The van der Waals surface area contributed by atoms with Gasteiger partial charge in [-0.1, -0.05) is 11.8 Å². The van der Waals surface area contributed by atoms with E-state index in [9.17, 15) is 4.79 Å². The van der Waals surface area contributed by atoms with Crippen LogP contribution < -0.4 is 16.5 Å². The zero-order valence-corrected chi connectivity index (χ0v) is 15.9. The monoisotopic (exact) mass is 378 g/mol. The molecule has 1 saturated heterocycles. The van der Waals surface area contributed by atoms with Gasteiger partial charge in [0.25, 0.3) is 0 Å². The van der Waals surface area contributed by atoms with Crippen LogP contribution in [-0.2, 0) is 4.74 Å². The second-order valence-corrected chi connectivity index (χ2v) is 6.97. The summed E-state index contributed by atoms with van der Waals surface area (Å²) in [5.41, 5.74) is 5.98. The molecule has 1 aromatic heterocycles. The van der Waals surface area contributed by atoms with Crippen LogP contribution in [0.5, 0.6) is 0 Å². The van der Waals surface area contributed by atoms with Crippen molar-refractivity contribution in [2.75, 3.05) is 12.3 Å². The van der Waals surface area contributed by atoms with Crippen LogP contribution in [0.3, 0.4) is 0 Å². The fourth-order valence-electron chi connectivity index (χ4n) is 2.58. The van der Waals surface area contributed by atoms with E-state index in [2.05, 4.69) is 40.1 Å². The van der Waals surface area contributed by atoms with Crippen LogP contribution in [-0.4, -0.2) is 22.2 Å². The van der Waals surface area contributed by atoms with Crippen molar-refractivity contribution in [2.45, 2.75) is 50.9 Å². The van der Waals surface area contributed by atoms with Gasteiger partial charge in [0.2, 0.25) is 0 Å². The van der Waals surface area contributed by atoms with Crippen molar-refractivity contribution in [3.63, 3.8) is 0 Å². The number of nitrogens with zero attached hydrogens (tertiary/aromatic N) is 2. The number of anilines is 1. The van der Waals surface area contributed by atoms with E-state index in [1.165, 1.54) is 4.57 Å². The molecule has 8 heteroatoms. The number of nitrogen functional groups attached to an aromatic ring is 1. The van der Waals surface area contributed by atoms with Crippen LogP contribution in [0.15, 0.2) is 11.0 Å². The van der Waals surface area contributed by atoms with Crippen LogP contribution in [0.25, 0.3) is 0 Å². The highest BCUT2D eigenvalue weighted by molar-refractivity contribution is 8.37. The number of thiol groups is 1. The maximum Gasteiger partial charge on any atom is 0.351 e. The predicted molar refractivity (Wildman–Crippen MR) is 106 cm³/mol. The summed E-state index contributed by atoms with van der Waals surface area (Å²) in [7, 11) is 0.374. The summed E-state index contributed by atoms with van der Waals surface area (Å²) in [6.07, 6.45) is 11.6. The van der Waals surface area contributed by atoms with Crippen molar-refractivity contribution in [1.82, 2.24) is 14.6 Å². The molecule has 0 amide bonds. The first-order chi connectivity index (χ1) is 12.2. The van der Waals surface area contributed by atoms with E-state index in [1.807, 2.05) is 0 Å². The van der Waals surface area contributed by atoms with Gasteiger partial charge in [0.1, 0.15) is 12.0 Å². The Kier molecular flexibility index (Phi) is 8.31. The number of nitrogens with one attached hydrogen (secondary N) is 1. The molecular weight excluding hydrogens is 355 g/mol. The lowest BCUT2D eigenvalue weighted by Crippen LogP contribution is -2.29. The van der Waals surface area contributed by atoms with E-state index in [1.54, 1.807) is 6.20 Å². The highest BCUT2D eigenvalue weighted by atomic mass is 32.7. The van der Waals surface area contributed by atoms with Gasteiger partial charge in [-0.15, -0.1) is 24.6 Å².